The van der Waals surface area contributed by atoms with Crippen molar-refractivity contribution in [3.63, 3.8) is 0 Å². The number of carbonyl (C=O) groups excluding carboxylic acids is 2. The van der Waals surface area contributed by atoms with Gasteiger partial charge >= 0.3 is 6.09 Å². The Morgan fingerprint density at radius 3 is 2.24 bits per heavy atom. The second-order valence-electron chi connectivity index (χ2n) is 18.0. The zero-order chi connectivity index (χ0) is 40.3. The van der Waals surface area contributed by atoms with Crippen molar-refractivity contribution in [1.82, 2.24) is 24.9 Å². The number of hydrogen-bond donors (Lipinski definition) is 1. The molecule has 5 aliphatic heterocycles. The normalized spacial score (nSPS) is 25.6. The van der Waals surface area contributed by atoms with Crippen LogP contribution >= 0.6 is 0 Å². The summed E-state index contributed by atoms with van der Waals surface area (Å²) in [6.07, 6.45) is 13.0. The SMILES string of the molecule is COC(=O)NC1CCCC1C(CN1CCC1)(c1cccc(F)c1)C1CCN(CC2CN(c3ccc(S(=O)(=O)C4CN(C(=O)C=CCN5CCCCC5)C4)cc3)C2)CC1. The van der Waals surface area contributed by atoms with Gasteiger partial charge in [-0.1, -0.05) is 31.1 Å². The van der Waals surface area contributed by atoms with Crippen molar-refractivity contribution in [2.24, 2.45) is 17.8 Å². The Kier molecular flexibility index (Phi) is 12.8. The van der Waals surface area contributed by atoms with Crippen LogP contribution in [-0.4, -0.2) is 144 Å². The largest absolute Gasteiger partial charge is 0.453 e. The lowest BCUT2D eigenvalue weighted by atomic mass is 9.57. The molecule has 2 amide bonds. The average Bonchev–Trinajstić information content (AvgIpc) is 3.64. The van der Waals surface area contributed by atoms with E-state index in [1.165, 1.54) is 32.8 Å². The molecular formula is C45H63FN6O5S. The molecule has 0 spiro atoms. The quantitative estimate of drug-likeness (QED) is 0.259. The van der Waals surface area contributed by atoms with Gasteiger partial charge in [-0.15, -0.1) is 0 Å². The molecule has 58 heavy (non-hydrogen) atoms. The van der Waals surface area contributed by atoms with Gasteiger partial charge in [0.1, 0.15) is 11.1 Å². The van der Waals surface area contributed by atoms with Crippen LogP contribution in [0.3, 0.4) is 0 Å². The molecule has 5 saturated heterocycles. The lowest BCUT2D eigenvalue weighted by Gasteiger charge is -2.54. The molecule has 0 aromatic heterocycles. The van der Waals surface area contributed by atoms with Crippen molar-refractivity contribution in [2.45, 2.75) is 79.4 Å². The first-order valence-electron chi connectivity index (χ1n) is 21.9. The van der Waals surface area contributed by atoms with Crippen LogP contribution in [0.2, 0.25) is 0 Å². The van der Waals surface area contributed by atoms with E-state index in [1.807, 2.05) is 24.3 Å². The van der Waals surface area contributed by atoms with E-state index in [4.69, 9.17) is 4.74 Å². The number of benzene rings is 2. The zero-order valence-electron chi connectivity index (χ0n) is 34.3. The monoisotopic (exact) mass is 818 g/mol. The van der Waals surface area contributed by atoms with Gasteiger partial charge < -0.3 is 29.7 Å². The fraction of sp³-hybridized carbons (Fsp3) is 0.644. The molecule has 3 atom stereocenters. The first-order chi connectivity index (χ1) is 28.1. The fourth-order valence-electron chi connectivity index (χ4n) is 11.0. The van der Waals surface area contributed by atoms with Gasteiger partial charge in [-0.3, -0.25) is 9.69 Å². The predicted molar refractivity (Wildman–Crippen MR) is 224 cm³/mol. The minimum atomic E-state index is -3.52. The molecule has 0 bridgehead atoms. The van der Waals surface area contributed by atoms with Gasteiger partial charge in [-0.25, -0.2) is 17.6 Å². The first kappa shape index (κ1) is 41.2. The van der Waals surface area contributed by atoms with E-state index in [0.29, 0.717) is 16.7 Å². The standard InChI is InChI=1S/C45H63FN6O5S/c1-57-44(54)47-42-12-6-11-41(42)45(33-50-23-8-24-50,36-9-5-10-37(46)27-36)35-18-25-49(26-19-35)28-34-29-51(30-34)38-14-16-39(17-15-38)58(55,56)40-31-52(32-40)43(53)13-7-22-48-20-3-2-4-21-48/h5,7,9-10,13-17,27,34-35,40-42H,2-4,6,8,11-12,18-26,28-33H2,1H3,(H,47,54). The highest BCUT2D eigenvalue weighted by molar-refractivity contribution is 7.92. The third-order valence-electron chi connectivity index (χ3n) is 14.5. The molecule has 5 heterocycles. The van der Waals surface area contributed by atoms with E-state index in [1.54, 1.807) is 35.2 Å². The van der Waals surface area contributed by atoms with Crippen LogP contribution < -0.4 is 10.2 Å². The van der Waals surface area contributed by atoms with Crippen LogP contribution in [0.25, 0.3) is 0 Å². The number of rotatable bonds is 14. The molecule has 13 heteroatoms. The van der Waals surface area contributed by atoms with Crippen LogP contribution in [0, 0.1) is 23.6 Å². The number of nitrogens with zero attached hydrogens (tertiary/aromatic N) is 5. The van der Waals surface area contributed by atoms with Crippen LogP contribution in [0.5, 0.6) is 0 Å². The summed E-state index contributed by atoms with van der Waals surface area (Å²) in [5.74, 6) is 0.778. The summed E-state index contributed by atoms with van der Waals surface area (Å²) in [6, 6.07) is 14.6. The summed E-state index contributed by atoms with van der Waals surface area (Å²) >= 11 is 0. The van der Waals surface area contributed by atoms with Crippen molar-refractivity contribution < 1.29 is 27.1 Å². The van der Waals surface area contributed by atoms with Gasteiger partial charge in [-0.2, -0.15) is 0 Å². The number of ether oxygens (including phenoxy) is 1. The minimum absolute atomic E-state index is 0.00831. The van der Waals surface area contributed by atoms with Crippen LogP contribution in [0.1, 0.15) is 63.4 Å². The van der Waals surface area contributed by atoms with Gasteiger partial charge in [0, 0.05) is 75.0 Å². The number of alkyl carbamates (subject to hydrolysis) is 1. The van der Waals surface area contributed by atoms with Crippen molar-refractivity contribution in [3.05, 3.63) is 72.1 Å². The Labute approximate surface area is 344 Å². The Bertz CT molecular complexity index is 1870. The Hall–Kier alpha value is -3.52. The molecule has 8 rings (SSSR count). The van der Waals surface area contributed by atoms with E-state index < -0.39 is 15.1 Å². The summed E-state index contributed by atoms with van der Waals surface area (Å²) in [5, 5.41) is 2.62. The molecule has 11 nitrogen and oxygen atoms in total. The summed E-state index contributed by atoms with van der Waals surface area (Å²) in [7, 11) is -2.10. The molecular weight excluding hydrogens is 756 g/mol. The van der Waals surface area contributed by atoms with Gasteiger partial charge in [0.15, 0.2) is 9.84 Å². The summed E-state index contributed by atoms with van der Waals surface area (Å²) in [6.45, 7) is 11.3. The van der Waals surface area contributed by atoms with Gasteiger partial charge in [-0.05, 0) is 138 Å². The highest BCUT2D eigenvalue weighted by atomic mass is 32.2. The highest BCUT2D eigenvalue weighted by Crippen LogP contribution is 2.51. The van der Waals surface area contributed by atoms with Crippen molar-refractivity contribution in [1.29, 1.82) is 0 Å². The highest BCUT2D eigenvalue weighted by Gasteiger charge is 2.53. The second kappa shape index (κ2) is 18.0. The molecule has 1 N–H and O–H groups in total. The molecule has 2 aromatic carbocycles. The number of piperidine rings is 2. The summed E-state index contributed by atoms with van der Waals surface area (Å²) in [5.41, 5.74) is 1.84. The Balaban J connectivity index is 0.839. The molecule has 3 unspecified atom stereocenters. The Morgan fingerprint density at radius 2 is 1.57 bits per heavy atom. The lowest BCUT2D eigenvalue weighted by molar-refractivity contribution is -0.129. The minimum Gasteiger partial charge on any atom is -0.453 e. The van der Waals surface area contributed by atoms with E-state index >= 15 is 4.39 Å². The fourth-order valence-corrected chi connectivity index (χ4v) is 12.7. The third-order valence-corrected chi connectivity index (χ3v) is 16.6. The smallest absolute Gasteiger partial charge is 0.407 e. The summed E-state index contributed by atoms with van der Waals surface area (Å²) in [4.78, 5) is 36.9. The maximum Gasteiger partial charge on any atom is 0.407 e. The van der Waals surface area contributed by atoms with E-state index in [0.717, 1.165) is 115 Å². The number of sulfone groups is 1. The van der Waals surface area contributed by atoms with Gasteiger partial charge in [0.25, 0.3) is 0 Å². The van der Waals surface area contributed by atoms with Crippen LogP contribution in [-0.2, 0) is 24.8 Å². The van der Waals surface area contributed by atoms with Crippen molar-refractivity contribution >= 4 is 27.5 Å². The molecule has 1 saturated carbocycles. The second-order valence-corrected chi connectivity index (χ2v) is 20.2. The lowest BCUT2D eigenvalue weighted by Crippen LogP contribution is -2.60. The average molecular weight is 819 g/mol. The number of carbonyl (C=O) groups is 2. The number of hydrogen-bond acceptors (Lipinski definition) is 9. The number of anilines is 1. The first-order valence-corrected chi connectivity index (χ1v) is 23.5. The number of likely N-dealkylation sites (tertiary alicyclic amines) is 4. The predicted octanol–water partition coefficient (Wildman–Crippen LogP) is 5.17. The van der Waals surface area contributed by atoms with Gasteiger partial charge in [0.2, 0.25) is 5.91 Å². The van der Waals surface area contributed by atoms with Crippen LogP contribution in [0.4, 0.5) is 14.9 Å². The third kappa shape index (κ3) is 8.83. The molecule has 6 fully saturated rings. The van der Waals surface area contributed by atoms with Crippen molar-refractivity contribution in [2.75, 3.05) is 97.1 Å². The van der Waals surface area contributed by atoms with E-state index in [9.17, 15) is 18.0 Å². The van der Waals surface area contributed by atoms with Gasteiger partial charge in [0.05, 0.1) is 12.0 Å². The van der Waals surface area contributed by atoms with E-state index in [-0.39, 0.29) is 48.3 Å². The molecule has 0 radical (unpaired) electrons. The maximum absolute atomic E-state index is 15.0. The van der Waals surface area contributed by atoms with E-state index in [2.05, 4.69) is 31.0 Å². The Morgan fingerprint density at radius 1 is 0.845 bits per heavy atom. The number of methoxy groups -OCH3 is 1. The maximum atomic E-state index is 15.0. The number of amides is 2. The number of nitrogens with one attached hydrogen (secondary N) is 1. The molecule has 316 valence electrons. The van der Waals surface area contributed by atoms with Crippen molar-refractivity contribution in [3.8, 4) is 0 Å². The zero-order valence-corrected chi connectivity index (χ0v) is 35.1. The molecule has 1 aliphatic carbocycles. The molecule has 6 aliphatic rings. The summed E-state index contributed by atoms with van der Waals surface area (Å²) < 4.78 is 46.9. The number of halogens is 1. The van der Waals surface area contributed by atoms with Crippen LogP contribution in [0.15, 0.2) is 65.6 Å². The molecule has 2 aromatic rings. The topological polar surface area (TPSA) is 106 Å².